The van der Waals surface area contributed by atoms with Gasteiger partial charge in [0.2, 0.25) is 5.91 Å². The third-order valence-electron chi connectivity index (χ3n) is 2.99. The molecular formula is C13H16N2O3. The molecule has 1 amide bonds. The van der Waals surface area contributed by atoms with Crippen LogP contribution in [-0.4, -0.2) is 39.5 Å². The molecule has 1 aromatic heterocycles. The Bertz CT molecular complexity index is 429. The van der Waals surface area contributed by atoms with Crippen molar-refractivity contribution in [1.82, 2.24) is 9.88 Å². The predicted octanol–water partition coefficient (Wildman–Crippen LogP) is 1.09. The van der Waals surface area contributed by atoms with Gasteiger partial charge in [-0.15, -0.1) is 0 Å². The maximum Gasteiger partial charge on any atom is 0.323 e. The number of carboxylic acid groups (broad SMARTS) is 1. The van der Waals surface area contributed by atoms with E-state index in [-0.39, 0.29) is 18.5 Å². The maximum absolute atomic E-state index is 12.0. The van der Waals surface area contributed by atoms with Crippen LogP contribution in [0.4, 0.5) is 0 Å². The molecule has 5 heteroatoms. The number of pyridine rings is 1. The third-order valence-corrected chi connectivity index (χ3v) is 2.99. The van der Waals surface area contributed by atoms with Crippen LogP contribution in [0.1, 0.15) is 24.8 Å². The molecule has 1 aliphatic rings. The molecule has 0 spiro atoms. The number of aliphatic carboxylic acids is 1. The van der Waals surface area contributed by atoms with Gasteiger partial charge in [-0.25, -0.2) is 0 Å². The summed E-state index contributed by atoms with van der Waals surface area (Å²) in [5.74, 6) is -1.02. The van der Waals surface area contributed by atoms with Gasteiger partial charge in [-0.3, -0.25) is 14.6 Å². The molecule has 1 fully saturated rings. The number of carbonyl (C=O) groups is 2. The highest BCUT2D eigenvalue weighted by Gasteiger charge is 2.33. The van der Waals surface area contributed by atoms with E-state index in [1.54, 1.807) is 12.4 Å². The van der Waals surface area contributed by atoms with Crippen molar-refractivity contribution in [3.05, 3.63) is 30.1 Å². The molecule has 0 atom stereocenters. The second-order valence-electron chi connectivity index (χ2n) is 4.50. The summed E-state index contributed by atoms with van der Waals surface area (Å²) in [7, 11) is 0. The van der Waals surface area contributed by atoms with E-state index in [0.717, 1.165) is 18.4 Å². The zero-order valence-corrected chi connectivity index (χ0v) is 10.1. The molecule has 0 bridgehead atoms. The molecule has 96 valence electrons. The monoisotopic (exact) mass is 248 g/mol. The normalized spacial score (nSPS) is 14.2. The van der Waals surface area contributed by atoms with Gasteiger partial charge in [-0.05, 0) is 37.0 Å². The van der Waals surface area contributed by atoms with Crippen molar-refractivity contribution in [1.29, 1.82) is 0 Å². The predicted molar refractivity (Wildman–Crippen MR) is 64.9 cm³/mol. The number of carboxylic acids is 1. The molecule has 0 aliphatic heterocycles. The number of nitrogens with zero attached hydrogens (tertiary/aromatic N) is 2. The van der Waals surface area contributed by atoms with Crippen LogP contribution in [0.3, 0.4) is 0 Å². The summed E-state index contributed by atoms with van der Waals surface area (Å²) < 4.78 is 0. The topological polar surface area (TPSA) is 70.5 Å². The summed E-state index contributed by atoms with van der Waals surface area (Å²) in [4.78, 5) is 28.1. The van der Waals surface area contributed by atoms with Gasteiger partial charge >= 0.3 is 5.97 Å². The first-order valence-corrected chi connectivity index (χ1v) is 6.07. The number of carbonyl (C=O) groups excluding carboxylic acids is 1. The minimum absolute atomic E-state index is 0.0725. The largest absolute Gasteiger partial charge is 0.480 e. The zero-order chi connectivity index (χ0) is 13.0. The summed E-state index contributed by atoms with van der Waals surface area (Å²) >= 11 is 0. The van der Waals surface area contributed by atoms with Gasteiger partial charge in [0.15, 0.2) is 0 Å². The highest BCUT2D eigenvalue weighted by molar-refractivity contribution is 5.82. The molecule has 0 unspecified atom stereocenters. The van der Waals surface area contributed by atoms with Crippen molar-refractivity contribution in [3.63, 3.8) is 0 Å². The van der Waals surface area contributed by atoms with Gasteiger partial charge in [0.1, 0.15) is 6.54 Å². The van der Waals surface area contributed by atoms with Gasteiger partial charge in [-0.1, -0.05) is 0 Å². The Morgan fingerprint density at radius 3 is 2.56 bits per heavy atom. The number of hydrogen-bond donors (Lipinski definition) is 1. The van der Waals surface area contributed by atoms with Crippen LogP contribution in [0.15, 0.2) is 24.5 Å². The lowest BCUT2D eigenvalue weighted by atomic mass is 10.1. The molecule has 0 aromatic carbocycles. The summed E-state index contributed by atoms with van der Waals surface area (Å²) in [6.45, 7) is -0.181. The molecule has 1 saturated carbocycles. The minimum Gasteiger partial charge on any atom is -0.480 e. The van der Waals surface area contributed by atoms with Crippen LogP contribution in [0.25, 0.3) is 0 Å². The van der Waals surface area contributed by atoms with Crippen molar-refractivity contribution >= 4 is 11.9 Å². The molecular weight excluding hydrogens is 232 g/mol. The average Bonchev–Trinajstić information content (AvgIpc) is 3.18. The molecule has 2 rings (SSSR count). The lowest BCUT2D eigenvalue weighted by Crippen LogP contribution is -2.37. The number of rotatable bonds is 6. The Labute approximate surface area is 105 Å². The highest BCUT2D eigenvalue weighted by atomic mass is 16.4. The molecule has 1 aromatic rings. The number of aryl methyl sites for hydroxylation is 1. The van der Waals surface area contributed by atoms with E-state index >= 15 is 0 Å². The molecule has 0 radical (unpaired) electrons. The lowest BCUT2D eigenvalue weighted by Gasteiger charge is -2.20. The van der Waals surface area contributed by atoms with Crippen molar-refractivity contribution in [2.75, 3.05) is 6.54 Å². The Hall–Kier alpha value is -1.91. The molecule has 5 nitrogen and oxygen atoms in total. The van der Waals surface area contributed by atoms with Gasteiger partial charge in [-0.2, -0.15) is 0 Å². The summed E-state index contributed by atoms with van der Waals surface area (Å²) in [6.07, 6.45) is 6.21. The molecule has 1 N–H and O–H groups in total. The first kappa shape index (κ1) is 12.5. The summed E-state index contributed by atoms with van der Waals surface area (Å²) in [5.41, 5.74) is 1.05. The van der Waals surface area contributed by atoms with E-state index in [0.29, 0.717) is 12.8 Å². The van der Waals surface area contributed by atoms with Crippen LogP contribution in [0, 0.1) is 0 Å². The standard InChI is InChI=1S/C13H16N2O3/c16-12(4-1-10-5-7-14-8-6-10)15(9-13(17)18)11-2-3-11/h5-8,11H,1-4,9H2,(H,17,18). The van der Waals surface area contributed by atoms with Gasteiger partial charge in [0.05, 0.1) is 0 Å². The first-order valence-electron chi connectivity index (χ1n) is 6.07. The van der Waals surface area contributed by atoms with E-state index in [9.17, 15) is 9.59 Å². The fourth-order valence-electron chi connectivity index (χ4n) is 1.90. The fraction of sp³-hybridized carbons (Fsp3) is 0.462. The van der Waals surface area contributed by atoms with Crippen molar-refractivity contribution < 1.29 is 14.7 Å². The second-order valence-corrected chi connectivity index (χ2v) is 4.50. The van der Waals surface area contributed by atoms with Crippen LogP contribution < -0.4 is 0 Å². The summed E-state index contributed by atoms with van der Waals surface area (Å²) in [6, 6.07) is 3.88. The van der Waals surface area contributed by atoms with E-state index in [1.165, 1.54) is 4.90 Å². The van der Waals surface area contributed by atoms with E-state index < -0.39 is 5.97 Å². The minimum atomic E-state index is -0.945. The second kappa shape index (κ2) is 5.62. The molecule has 1 aliphatic carbocycles. The molecule has 18 heavy (non-hydrogen) atoms. The van der Waals surface area contributed by atoms with Gasteiger partial charge in [0.25, 0.3) is 0 Å². The lowest BCUT2D eigenvalue weighted by molar-refractivity contribution is -0.144. The van der Waals surface area contributed by atoms with Crippen molar-refractivity contribution in [2.24, 2.45) is 0 Å². The number of hydrogen-bond acceptors (Lipinski definition) is 3. The first-order chi connectivity index (χ1) is 8.66. The average molecular weight is 248 g/mol. The quantitative estimate of drug-likeness (QED) is 0.818. The van der Waals surface area contributed by atoms with Crippen LogP contribution in [-0.2, 0) is 16.0 Å². The fourth-order valence-corrected chi connectivity index (χ4v) is 1.90. The van der Waals surface area contributed by atoms with E-state index in [1.807, 2.05) is 12.1 Å². The molecule has 0 saturated heterocycles. The van der Waals surface area contributed by atoms with Crippen molar-refractivity contribution in [2.45, 2.75) is 31.7 Å². The van der Waals surface area contributed by atoms with Gasteiger partial charge in [0, 0.05) is 24.9 Å². The van der Waals surface area contributed by atoms with Crippen LogP contribution >= 0.6 is 0 Å². The van der Waals surface area contributed by atoms with Gasteiger partial charge < -0.3 is 10.0 Å². The zero-order valence-electron chi connectivity index (χ0n) is 10.1. The summed E-state index contributed by atoms with van der Waals surface area (Å²) in [5, 5.41) is 8.79. The molecule has 1 heterocycles. The smallest absolute Gasteiger partial charge is 0.323 e. The Morgan fingerprint density at radius 2 is 2.00 bits per heavy atom. The number of aromatic nitrogens is 1. The maximum atomic E-state index is 12.0. The van der Waals surface area contributed by atoms with Crippen LogP contribution in [0.5, 0.6) is 0 Å². The van der Waals surface area contributed by atoms with E-state index in [4.69, 9.17) is 5.11 Å². The highest BCUT2D eigenvalue weighted by Crippen LogP contribution is 2.27. The Kier molecular flexibility index (Phi) is 3.92. The van der Waals surface area contributed by atoms with Crippen LogP contribution in [0.2, 0.25) is 0 Å². The van der Waals surface area contributed by atoms with E-state index in [2.05, 4.69) is 4.98 Å². The third kappa shape index (κ3) is 3.55. The Morgan fingerprint density at radius 1 is 1.33 bits per heavy atom. The SMILES string of the molecule is O=C(O)CN(C(=O)CCc1ccncc1)C1CC1. The number of amides is 1. The van der Waals surface area contributed by atoms with Crippen molar-refractivity contribution in [3.8, 4) is 0 Å². The Balaban J connectivity index is 1.87.